The maximum atomic E-state index is 12.3. The summed E-state index contributed by atoms with van der Waals surface area (Å²) in [5.41, 5.74) is 0.868. The van der Waals surface area contributed by atoms with Gasteiger partial charge < -0.3 is 29.3 Å². The summed E-state index contributed by atoms with van der Waals surface area (Å²) in [6.45, 7) is 3.63. The third-order valence-electron chi connectivity index (χ3n) is 4.20. The van der Waals surface area contributed by atoms with E-state index in [4.69, 9.17) is 14.2 Å². The molecule has 0 spiro atoms. The van der Waals surface area contributed by atoms with Crippen molar-refractivity contribution >= 4 is 6.09 Å². The zero-order chi connectivity index (χ0) is 17.3. The van der Waals surface area contributed by atoms with E-state index in [1.165, 1.54) is 4.90 Å². The predicted molar refractivity (Wildman–Crippen MR) is 84.0 cm³/mol. The fraction of sp³-hybridized carbons (Fsp3) is 0.588. The number of ether oxygens (including phenoxy) is 3. The van der Waals surface area contributed by atoms with Crippen LogP contribution in [0, 0.1) is 0 Å². The monoisotopic (exact) mass is 337 g/mol. The first kappa shape index (κ1) is 17.2. The fourth-order valence-corrected chi connectivity index (χ4v) is 3.11. The highest BCUT2D eigenvalue weighted by atomic mass is 16.8. The minimum Gasteiger partial charge on any atom is -0.445 e. The summed E-state index contributed by atoms with van der Waals surface area (Å²) >= 11 is 0. The highest BCUT2D eigenvalue weighted by molar-refractivity contribution is 5.67. The van der Waals surface area contributed by atoms with Crippen LogP contribution in [-0.4, -0.2) is 64.5 Å². The first-order chi connectivity index (χ1) is 11.4. The Bertz CT molecular complexity index is 556. The molecule has 0 saturated carbocycles. The number of β-amino-alcohol motifs (C(OH)–C–C–N with tert-alkyl or cyclic N) is 2. The molecule has 7 heteroatoms. The van der Waals surface area contributed by atoms with Gasteiger partial charge in [0.2, 0.25) is 0 Å². The van der Waals surface area contributed by atoms with E-state index in [9.17, 15) is 15.0 Å². The van der Waals surface area contributed by atoms with E-state index in [0.29, 0.717) is 0 Å². The summed E-state index contributed by atoms with van der Waals surface area (Å²) in [6.07, 6.45) is -3.86. The molecule has 2 heterocycles. The number of rotatable bonds is 2. The third-order valence-corrected chi connectivity index (χ3v) is 4.20. The van der Waals surface area contributed by atoms with Gasteiger partial charge in [-0.3, -0.25) is 0 Å². The number of hydrogen-bond acceptors (Lipinski definition) is 6. The molecule has 0 unspecified atom stereocenters. The maximum absolute atomic E-state index is 12.3. The second-order valence-electron chi connectivity index (χ2n) is 6.64. The van der Waals surface area contributed by atoms with Gasteiger partial charge in [-0.25, -0.2) is 4.79 Å². The number of aliphatic hydroxyl groups is 2. The summed E-state index contributed by atoms with van der Waals surface area (Å²) in [5.74, 6) is -0.868. The smallest absolute Gasteiger partial charge is 0.410 e. The van der Waals surface area contributed by atoms with Gasteiger partial charge in [0, 0.05) is 0 Å². The van der Waals surface area contributed by atoms with Gasteiger partial charge in [0.05, 0.1) is 13.1 Å². The van der Waals surface area contributed by atoms with Crippen LogP contribution in [0.25, 0.3) is 0 Å². The van der Waals surface area contributed by atoms with E-state index in [-0.39, 0.29) is 19.7 Å². The summed E-state index contributed by atoms with van der Waals surface area (Å²) < 4.78 is 16.6. The van der Waals surface area contributed by atoms with Crippen molar-refractivity contribution in [2.24, 2.45) is 0 Å². The molecule has 2 aliphatic heterocycles. The normalized spacial score (nSPS) is 32.1. The summed E-state index contributed by atoms with van der Waals surface area (Å²) in [4.78, 5) is 13.6. The van der Waals surface area contributed by atoms with Crippen LogP contribution < -0.4 is 0 Å². The number of nitrogens with zero attached hydrogens (tertiary/aromatic N) is 1. The standard InChI is InChI=1S/C17H23NO6/c1-17(2)23-14-12(19)8-18(9-13(20)15(14)24-17)16(21)22-10-11-6-4-3-5-7-11/h3-7,12-15,19-20H,8-10H2,1-2H3/t12-,13-,14-,15-/m1/s1. The SMILES string of the molecule is CC1(C)O[C@H]2[C@H](O1)[C@H](O)CN(C(=O)OCc1ccccc1)C[C@H]2O. The van der Waals surface area contributed by atoms with Crippen molar-refractivity contribution in [3.8, 4) is 0 Å². The van der Waals surface area contributed by atoms with Crippen molar-refractivity contribution in [1.82, 2.24) is 4.90 Å². The largest absolute Gasteiger partial charge is 0.445 e. The minimum atomic E-state index is -0.960. The van der Waals surface area contributed by atoms with Crippen molar-refractivity contribution in [2.45, 2.75) is 50.7 Å². The van der Waals surface area contributed by atoms with E-state index >= 15 is 0 Å². The molecule has 2 fully saturated rings. The maximum Gasteiger partial charge on any atom is 0.410 e. The van der Waals surface area contributed by atoms with Crippen LogP contribution in [0.15, 0.2) is 30.3 Å². The molecular weight excluding hydrogens is 314 g/mol. The molecule has 0 aliphatic carbocycles. The predicted octanol–water partition coefficient (Wildman–Crippen LogP) is 0.881. The number of carbonyl (C=O) groups excluding carboxylic acids is 1. The van der Waals surface area contributed by atoms with Gasteiger partial charge in [-0.2, -0.15) is 0 Å². The Balaban J connectivity index is 1.62. The molecule has 1 amide bonds. The fourth-order valence-electron chi connectivity index (χ4n) is 3.11. The Hall–Kier alpha value is -1.67. The van der Waals surface area contributed by atoms with E-state index in [1.807, 2.05) is 30.3 Å². The molecule has 4 atom stereocenters. The van der Waals surface area contributed by atoms with Crippen molar-refractivity contribution in [3.63, 3.8) is 0 Å². The van der Waals surface area contributed by atoms with Crippen molar-refractivity contribution in [1.29, 1.82) is 0 Å². The third kappa shape index (κ3) is 3.70. The van der Waals surface area contributed by atoms with Gasteiger partial charge in [-0.05, 0) is 19.4 Å². The van der Waals surface area contributed by atoms with E-state index in [1.54, 1.807) is 13.8 Å². The van der Waals surface area contributed by atoms with Crippen LogP contribution in [0.4, 0.5) is 4.79 Å². The molecule has 7 nitrogen and oxygen atoms in total. The molecule has 2 saturated heterocycles. The Morgan fingerprint density at radius 3 is 2.25 bits per heavy atom. The second-order valence-corrected chi connectivity index (χ2v) is 6.64. The number of fused-ring (bicyclic) bond motifs is 1. The molecule has 2 N–H and O–H groups in total. The highest BCUT2D eigenvalue weighted by Crippen LogP contribution is 2.34. The van der Waals surface area contributed by atoms with Gasteiger partial charge in [-0.15, -0.1) is 0 Å². The van der Waals surface area contributed by atoms with Crippen LogP contribution in [0.1, 0.15) is 19.4 Å². The Labute approximate surface area is 140 Å². The van der Waals surface area contributed by atoms with Crippen molar-refractivity contribution in [2.75, 3.05) is 13.1 Å². The lowest BCUT2D eigenvalue weighted by molar-refractivity contribution is -0.165. The first-order valence-corrected chi connectivity index (χ1v) is 8.03. The molecule has 1 aromatic rings. The van der Waals surface area contributed by atoms with Gasteiger partial charge in [-0.1, -0.05) is 30.3 Å². The van der Waals surface area contributed by atoms with Crippen LogP contribution in [0.5, 0.6) is 0 Å². The molecule has 3 rings (SSSR count). The summed E-state index contributed by atoms with van der Waals surface area (Å²) in [6, 6.07) is 9.31. The number of likely N-dealkylation sites (tertiary alicyclic amines) is 1. The summed E-state index contributed by atoms with van der Waals surface area (Å²) in [7, 11) is 0. The molecule has 0 aromatic heterocycles. The van der Waals surface area contributed by atoms with Gasteiger partial charge in [0.15, 0.2) is 5.79 Å². The number of amides is 1. The van der Waals surface area contributed by atoms with E-state index in [0.717, 1.165) is 5.56 Å². The molecule has 0 radical (unpaired) electrons. The van der Waals surface area contributed by atoms with Crippen LogP contribution in [0.3, 0.4) is 0 Å². The highest BCUT2D eigenvalue weighted by Gasteiger charge is 2.50. The Morgan fingerprint density at radius 2 is 1.71 bits per heavy atom. The lowest BCUT2D eigenvalue weighted by Gasteiger charge is -2.26. The van der Waals surface area contributed by atoms with Gasteiger partial charge in [0.25, 0.3) is 0 Å². The lowest BCUT2D eigenvalue weighted by atomic mass is 10.1. The quantitative estimate of drug-likeness (QED) is 0.833. The average molecular weight is 337 g/mol. The number of hydrogen-bond donors (Lipinski definition) is 2. The zero-order valence-electron chi connectivity index (χ0n) is 13.8. The van der Waals surface area contributed by atoms with Crippen LogP contribution in [-0.2, 0) is 20.8 Å². The summed E-state index contributed by atoms with van der Waals surface area (Å²) in [5, 5.41) is 20.7. The van der Waals surface area contributed by atoms with Crippen molar-refractivity contribution < 1.29 is 29.2 Å². The lowest BCUT2D eigenvalue weighted by Crippen LogP contribution is -2.42. The topological polar surface area (TPSA) is 88.5 Å². The number of carbonyl (C=O) groups is 1. The molecular formula is C17H23NO6. The molecule has 132 valence electrons. The van der Waals surface area contributed by atoms with Gasteiger partial charge in [0.1, 0.15) is 31.0 Å². The molecule has 1 aromatic carbocycles. The Morgan fingerprint density at radius 1 is 1.17 bits per heavy atom. The average Bonchev–Trinajstić information content (AvgIpc) is 2.83. The van der Waals surface area contributed by atoms with E-state index in [2.05, 4.69) is 0 Å². The van der Waals surface area contributed by atoms with Crippen molar-refractivity contribution in [3.05, 3.63) is 35.9 Å². The first-order valence-electron chi connectivity index (χ1n) is 8.03. The zero-order valence-corrected chi connectivity index (χ0v) is 13.8. The van der Waals surface area contributed by atoms with Crippen LogP contribution in [0.2, 0.25) is 0 Å². The van der Waals surface area contributed by atoms with E-state index < -0.39 is 36.3 Å². The second kappa shape index (κ2) is 6.68. The Kier molecular flexibility index (Phi) is 4.78. The number of aliphatic hydroxyl groups excluding tert-OH is 2. The van der Waals surface area contributed by atoms with Crippen LogP contribution >= 0.6 is 0 Å². The minimum absolute atomic E-state index is 0.0191. The molecule has 24 heavy (non-hydrogen) atoms. The number of benzene rings is 1. The van der Waals surface area contributed by atoms with Gasteiger partial charge >= 0.3 is 6.09 Å². The molecule has 2 aliphatic rings. The molecule has 0 bridgehead atoms.